The van der Waals surface area contributed by atoms with Crippen molar-refractivity contribution in [2.24, 2.45) is 0 Å². The molecule has 2 rings (SSSR count). The summed E-state index contributed by atoms with van der Waals surface area (Å²) >= 11 is 6.39. The monoisotopic (exact) mass is 293 g/mol. The molecule has 0 saturated carbocycles. The van der Waals surface area contributed by atoms with Gasteiger partial charge in [-0.05, 0) is 25.6 Å². The van der Waals surface area contributed by atoms with E-state index in [1.807, 2.05) is 25.1 Å². The quantitative estimate of drug-likeness (QED) is 0.793. The molecule has 1 amide bonds. The van der Waals surface area contributed by atoms with E-state index in [9.17, 15) is 4.79 Å². The van der Waals surface area contributed by atoms with Gasteiger partial charge in [0.2, 0.25) is 5.91 Å². The molecule has 5 heteroatoms. The lowest BCUT2D eigenvalue weighted by Gasteiger charge is -2.23. The number of carbonyl (C=O) groups excluding carboxylic acids is 1. The van der Waals surface area contributed by atoms with E-state index >= 15 is 0 Å². The molecule has 1 aromatic rings. The van der Waals surface area contributed by atoms with Crippen LogP contribution in [0, 0.1) is 0 Å². The molecule has 1 aliphatic rings. The molecule has 1 atom stereocenters. The molecule has 0 radical (unpaired) electrons. The van der Waals surface area contributed by atoms with E-state index in [2.05, 4.69) is 29.0 Å². The number of rotatable bonds is 6. The van der Waals surface area contributed by atoms with Crippen LogP contribution in [0.15, 0.2) is 24.8 Å². The van der Waals surface area contributed by atoms with Gasteiger partial charge in [-0.3, -0.25) is 4.79 Å². The Morgan fingerprint density at radius 2 is 2.25 bits per heavy atom. The lowest BCUT2D eigenvalue weighted by Crippen LogP contribution is -2.27. The Kier molecular flexibility index (Phi) is 4.68. The van der Waals surface area contributed by atoms with Gasteiger partial charge in [0.15, 0.2) is 0 Å². The molecule has 0 spiro atoms. The second kappa shape index (κ2) is 6.29. The maximum absolute atomic E-state index is 12.0. The fourth-order valence-corrected chi connectivity index (χ4v) is 2.76. The van der Waals surface area contributed by atoms with Gasteiger partial charge in [-0.25, -0.2) is 0 Å². The normalized spacial score (nSPS) is 16.8. The number of hydrogen-bond donors (Lipinski definition) is 2. The fourth-order valence-electron chi connectivity index (χ4n) is 2.47. The van der Waals surface area contributed by atoms with Crippen molar-refractivity contribution in [2.45, 2.75) is 19.9 Å². The topological polar surface area (TPSA) is 44.4 Å². The van der Waals surface area contributed by atoms with Gasteiger partial charge in [0.1, 0.15) is 6.04 Å². The van der Waals surface area contributed by atoms with Crippen molar-refractivity contribution < 1.29 is 4.79 Å². The highest BCUT2D eigenvalue weighted by Crippen LogP contribution is 2.38. The summed E-state index contributed by atoms with van der Waals surface area (Å²) in [6.45, 7) is 10.1. The number of nitrogens with one attached hydrogen (secondary N) is 2. The molecular formula is C15H20ClN3O. The Morgan fingerprint density at radius 1 is 1.50 bits per heavy atom. The van der Waals surface area contributed by atoms with Gasteiger partial charge in [0, 0.05) is 24.3 Å². The summed E-state index contributed by atoms with van der Waals surface area (Å²) in [6.07, 6.45) is 1.84. The summed E-state index contributed by atoms with van der Waals surface area (Å²) < 4.78 is 0. The highest BCUT2D eigenvalue weighted by Gasteiger charge is 2.31. The number of fused-ring (bicyclic) bond motifs is 1. The Balaban J connectivity index is 2.39. The van der Waals surface area contributed by atoms with E-state index in [-0.39, 0.29) is 11.9 Å². The van der Waals surface area contributed by atoms with E-state index in [0.717, 1.165) is 36.6 Å². The van der Waals surface area contributed by atoms with Crippen LogP contribution in [0.25, 0.3) is 0 Å². The predicted molar refractivity (Wildman–Crippen MR) is 84.6 cm³/mol. The lowest BCUT2D eigenvalue weighted by molar-refractivity contribution is -0.117. The molecule has 1 unspecified atom stereocenters. The number of nitrogens with zero attached hydrogens (tertiary/aromatic N) is 1. The van der Waals surface area contributed by atoms with Crippen LogP contribution >= 0.6 is 11.6 Å². The molecule has 2 N–H and O–H groups in total. The molecule has 4 nitrogen and oxygen atoms in total. The molecule has 0 aliphatic carbocycles. The van der Waals surface area contributed by atoms with E-state index in [0.29, 0.717) is 5.02 Å². The van der Waals surface area contributed by atoms with E-state index in [1.54, 1.807) is 0 Å². The summed E-state index contributed by atoms with van der Waals surface area (Å²) in [7, 11) is 0. The molecule has 1 heterocycles. The van der Waals surface area contributed by atoms with E-state index in [1.165, 1.54) is 0 Å². The minimum absolute atomic E-state index is 0.0261. The number of likely N-dealkylation sites (N-methyl/N-ethyl adjacent to an activating group) is 2. The Hall–Kier alpha value is -1.52. The number of anilines is 2. The van der Waals surface area contributed by atoms with Crippen molar-refractivity contribution in [3.63, 3.8) is 0 Å². The minimum atomic E-state index is -0.309. The van der Waals surface area contributed by atoms with Gasteiger partial charge in [-0.15, -0.1) is 6.58 Å². The Bertz CT molecular complexity index is 530. The van der Waals surface area contributed by atoms with Crippen LogP contribution in [0.4, 0.5) is 11.4 Å². The number of hydrogen-bond acceptors (Lipinski definition) is 3. The highest BCUT2D eigenvalue weighted by molar-refractivity contribution is 6.33. The largest absolute Gasteiger partial charge is 0.367 e. The molecule has 0 fully saturated rings. The summed E-state index contributed by atoms with van der Waals surface area (Å²) in [5.41, 5.74) is 2.67. The van der Waals surface area contributed by atoms with Crippen molar-refractivity contribution in [3.8, 4) is 0 Å². The second-order valence-corrected chi connectivity index (χ2v) is 5.11. The highest BCUT2D eigenvalue weighted by atomic mass is 35.5. The summed E-state index contributed by atoms with van der Waals surface area (Å²) in [4.78, 5) is 14.1. The van der Waals surface area contributed by atoms with E-state index in [4.69, 9.17) is 11.6 Å². The predicted octanol–water partition coefficient (Wildman–Crippen LogP) is 2.96. The summed E-state index contributed by atoms with van der Waals surface area (Å²) in [6, 6.07) is 3.51. The summed E-state index contributed by atoms with van der Waals surface area (Å²) in [5, 5.41) is 6.73. The maximum Gasteiger partial charge on any atom is 0.246 e. The minimum Gasteiger partial charge on any atom is -0.367 e. The molecule has 108 valence electrons. The zero-order chi connectivity index (χ0) is 14.7. The maximum atomic E-state index is 12.0. The Morgan fingerprint density at radius 3 is 2.85 bits per heavy atom. The first-order valence-corrected chi connectivity index (χ1v) is 7.23. The van der Waals surface area contributed by atoms with Crippen molar-refractivity contribution >= 4 is 28.9 Å². The molecule has 0 aromatic heterocycles. The van der Waals surface area contributed by atoms with Gasteiger partial charge in [0.25, 0.3) is 0 Å². The van der Waals surface area contributed by atoms with Crippen molar-refractivity contribution in [1.82, 2.24) is 5.32 Å². The van der Waals surface area contributed by atoms with Gasteiger partial charge in [-0.1, -0.05) is 24.6 Å². The van der Waals surface area contributed by atoms with Gasteiger partial charge in [0.05, 0.1) is 10.7 Å². The average Bonchev–Trinajstić information content (AvgIpc) is 2.72. The molecule has 0 saturated heterocycles. The lowest BCUT2D eigenvalue weighted by atomic mass is 10.1. The van der Waals surface area contributed by atoms with Gasteiger partial charge in [-0.2, -0.15) is 0 Å². The molecule has 20 heavy (non-hydrogen) atoms. The number of carbonyl (C=O) groups is 1. The molecule has 0 bridgehead atoms. The van der Waals surface area contributed by atoms with Crippen LogP contribution in [-0.2, 0) is 4.79 Å². The first kappa shape index (κ1) is 14.9. The molecule has 1 aliphatic heterocycles. The zero-order valence-corrected chi connectivity index (χ0v) is 12.6. The van der Waals surface area contributed by atoms with Crippen LogP contribution in [0.1, 0.15) is 25.5 Å². The summed E-state index contributed by atoms with van der Waals surface area (Å²) in [5.74, 6) is -0.0261. The molecule has 1 aromatic carbocycles. The van der Waals surface area contributed by atoms with Crippen LogP contribution in [0.3, 0.4) is 0 Å². The number of benzene rings is 1. The van der Waals surface area contributed by atoms with Gasteiger partial charge >= 0.3 is 0 Å². The third-order valence-electron chi connectivity index (χ3n) is 3.43. The van der Waals surface area contributed by atoms with Crippen LogP contribution in [-0.4, -0.2) is 25.5 Å². The van der Waals surface area contributed by atoms with Crippen molar-refractivity contribution in [3.05, 3.63) is 35.4 Å². The Labute approximate surface area is 124 Å². The third kappa shape index (κ3) is 2.67. The standard InChI is InChI=1S/C15H20ClN3O/c1-4-7-19(6-3)13-9-12-10(8-11(13)16)14(17-5-2)15(20)18-12/h4,8-9,14,17H,1,5-7H2,2-3H3,(H,18,20). The first-order chi connectivity index (χ1) is 9.62. The molecular weight excluding hydrogens is 274 g/mol. The van der Waals surface area contributed by atoms with Crippen molar-refractivity contribution in [2.75, 3.05) is 29.9 Å². The number of amides is 1. The zero-order valence-electron chi connectivity index (χ0n) is 11.9. The number of halogens is 1. The fraction of sp³-hybridized carbons (Fsp3) is 0.400. The van der Waals surface area contributed by atoms with Gasteiger partial charge < -0.3 is 15.5 Å². The second-order valence-electron chi connectivity index (χ2n) is 4.70. The van der Waals surface area contributed by atoms with Crippen molar-refractivity contribution in [1.29, 1.82) is 0 Å². The SMILES string of the molecule is C=CCN(CC)c1cc2c(cc1Cl)C(NCC)C(=O)N2. The van der Waals surface area contributed by atoms with Crippen LogP contribution in [0.5, 0.6) is 0 Å². The van der Waals surface area contributed by atoms with E-state index < -0.39 is 0 Å². The smallest absolute Gasteiger partial charge is 0.246 e. The third-order valence-corrected chi connectivity index (χ3v) is 3.73. The average molecular weight is 294 g/mol. The van der Waals surface area contributed by atoms with Crippen LogP contribution in [0.2, 0.25) is 5.02 Å². The first-order valence-electron chi connectivity index (χ1n) is 6.85. The van der Waals surface area contributed by atoms with Crippen LogP contribution < -0.4 is 15.5 Å².